The highest BCUT2D eigenvalue weighted by molar-refractivity contribution is 5.87. The lowest BCUT2D eigenvalue weighted by atomic mass is 9.88. The van der Waals surface area contributed by atoms with Crippen LogP contribution in [0.3, 0.4) is 0 Å². The molecule has 26 heavy (non-hydrogen) atoms. The molecule has 4 rings (SSSR count). The Balaban J connectivity index is 1.65. The Hall–Kier alpha value is -3.07. The van der Waals surface area contributed by atoms with Crippen molar-refractivity contribution in [3.05, 3.63) is 89.5 Å². The quantitative estimate of drug-likeness (QED) is 0.464. The van der Waals surface area contributed by atoms with E-state index in [1.807, 2.05) is 72.8 Å². The van der Waals surface area contributed by atoms with Crippen LogP contribution in [0.2, 0.25) is 0 Å². The van der Waals surface area contributed by atoms with Gasteiger partial charge in [-0.1, -0.05) is 61.9 Å². The van der Waals surface area contributed by atoms with Crippen molar-refractivity contribution in [2.24, 2.45) is 0 Å². The van der Waals surface area contributed by atoms with E-state index in [4.69, 9.17) is 9.47 Å². The standard InChI is InChI=1S/C23H20O3/c1-2-7-16-12-14-17(15-13-16)25-23(24)22-18-8-3-5-10-20(18)26-21-11-6-4-9-19(21)22/h3-6,8-15,22H,2,7H2,1H3. The second kappa shape index (κ2) is 7.04. The summed E-state index contributed by atoms with van der Waals surface area (Å²) >= 11 is 0. The normalized spacial score (nSPS) is 12.7. The van der Waals surface area contributed by atoms with E-state index in [0.29, 0.717) is 17.2 Å². The first-order valence-electron chi connectivity index (χ1n) is 8.92. The molecule has 1 aliphatic heterocycles. The Labute approximate surface area is 153 Å². The van der Waals surface area contributed by atoms with Crippen LogP contribution in [0.4, 0.5) is 0 Å². The molecule has 3 aromatic carbocycles. The summed E-state index contributed by atoms with van der Waals surface area (Å²) in [6, 6.07) is 23.0. The molecule has 1 heterocycles. The molecule has 3 nitrogen and oxygen atoms in total. The van der Waals surface area contributed by atoms with Gasteiger partial charge < -0.3 is 9.47 Å². The number of benzene rings is 3. The van der Waals surface area contributed by atoms with Gasteiger partial charge in [-0.3, -0.25) is 4.79 Å². The van der Waals surface area contributed by atoms with E-state index < -0.39 is 5.92 Å². The summed E-state index contributed by atoms with van der Waals surface area (Å²) in [6.45, 7) is 2.15. The van der Waals surface area contributed by atoms with Gasteiger partial charge >= 0.3 is 5.97 Å². The summed E-state index contributed by atoms with van der Waals surface area (Å²) in [4.78, 5) is 13.0. The number of para-hydroxylation sites is 2. The average molecular weight is 344 g/mol. The molecule has 0 aliphatic carbocycles. The molecule has 130 valence electrons. The molecule has 0 fully saturated rings. The molecule has 0 unspecified atom stereocenters. The van der Waals surface area contributed by atoms with Gasteiger partial charge in [0.2, 0.25) is 0 Å². The Morgan fingerprint density at radius 3 is 2.04 bits per heavy atom. The second-order valence-electron chi connectivity index (χ2n) is 6.43. The van der Waals surface area contributed by atoms with E-state index in [0.717, 1.165) is 24.0 Å². The molecule has 0 radical (unpaired) electrons. The van der Waals surface area contributed by atoms with E-state index in [2.05, 4.69) is 6.92 Å². The van der Waals surface area contributed by atoms with E-state index in [-0.39, 0.29) is 5.97 Å². The molecule has 3 heteroatoms. The number of hydrogen-bond acceptors (Lipinski definition) is 3. The van der Waals surface area contributed by atoms with Gasteiger partial charge in [0.05, 0.1) is 0 Å². The molecule has 0 saturated carbocycles. The van der Waals surface area contributed by atoms with Crippen molar-refractivity contribution in [3.8, 4) is 17.2 Å². The number of esters is 1. The van der Waals surface area contributed by atoms with Crippen LogP contribution in [0, 0.1) is 0 Å². The summed E-state index contributed by atoms with van der Waals surface area (Å²) in [6.07, 6.45) is 2.11. The maximum atomic E-state index is 13.0. The first-order chi connectivity index (χ1) is 12.8. The highest BCUT2D eigenvalue weighted by Crippen LogP contribution is 2.44. The van der Waals surface area contributed by atoms with Crippen LogP contribution in [-0.4, -0.2) is 5.97 Å². The Morgan fingerprint density at radius 1 is 0.885 bits per heavy atom. The van der Waals surface area contributed by atoms with Crippen molar-refractivity contribution in [2.45, 2.75) is 25.7 Å². The van der Waals surface area contributed by atoms with E-state index >= 15 is 0 Å². The second-order valence-corrected chi connectivity index (χ2v) is 6.43. The van der Waals surface area contributed by atoms with Crippen LogP contribution in [0.15, 0.2) is 72.8 Å². The van der Waals surface area contributed by atoms with Gasteiger partial charge in [-0.25, -0.2) is 0 Å². The van der Waals surface area contributed by atoms with Gasteiger partial charge in [0.1, 0.15) is 23.2 Å². The number of ether oxygens (including phenoxy) is 2. The number of hydrogen-bond donors (Lipinski definition) is 0. The van der Waals surface area contributed by atoms with Gasteiger partial charge in [0.15, 0.2) is 0 Å². The van der Waals surface area contributed by atoms with Crippen LogP contribution >= 0.6 is 0 Å². The van der Waals surface area contributed by atoms with Crippen molar-refractivity contribution in [2.75, 3.05) is 0 Å². The number of aryl methyl sites for hydroxylation is 1. The zero-order valence-corrected chi connectivity index (χ0v) is 14.6. The van der Waals surface area contributed by atoms with Gasteiger partial charge in [-0.15, -0.1) is 0 Å². The van der Waals surface area contributed by atoms with Crippen molar-refractivity contribution in [3.63, 3.8) is 0 Å². The number of rotatable bonds is 4. The Bertz CT molecular complexity index is 883. The predicted octanol–water partition coefficient (Wildman–Crippen LogP) is 5.48. The van der Waals surface area contributed by atoms with Gasteiger partial charge in [-0.05, 0) is 36.2 Å². The minimum atomic E-state index is -0.494. The van der Waals surface area contributed by atoms with Crippen LogP contribution in [0.5, 0.6) is 17.2 Å². The minimum Gasteiger partial charge on any atom is -0.457 e. The third-order valence-corrected chi connectivity index (χ3v) is 4.60. The van der Waals surface area contributed by atoms with Crippen molar-refractivity contribution >= 4 is 5.97 Å². The van der Waals surface area contributed by atoms with E-state index in [1.165, 1.54) is 5.56 Å². The fraction of sp³-hybridized carbons (Fsp3) is 0.174. The maximum absolute atomic E-state index is 13.0. The average Bonchev–Trinajstić information content (AvgIpc) is 2.67. The Morgan fingerprint density at radius 2 is 1.46 bits per heavy atom. The molecule has 1 aliphatic rings. The molecular formula is C23H20O3. The third-order valence-electron chi connectivity index (χ3n) is 4.60. The SMILES string of the molecule is CCCc1ccc(OC(=O)C2c3ccccc3Oc3ccccc32)cc1. The molecular weight excluding hydrogens is 324 g/mol. The Kier molecular flexibility index (Phi) is 4.44. The van der Waals surface area contributed by atoms with E-state index in [1.54, 1.807) is 0 Å². The summed E-state index contributed by atoms with van der Waals surface area (Å²) < 4.78 is 11.6. The zero-order valence-electron chi connectivity index (χ0n) is 14.6. The highest BCUT2D eigenvalue weighted by Gasteiger charge is 2.33. The molecule has 0 saturated heterocycles. The van der Waals surface area contributed by atoms with Crippen LogP contribution in [0.25, 0.3) is 0 Å². The lowest BCUT2D eigenvalue weighted by Gasteiger charge is -2.26. The van der Waals surface area contributed by atoms with Crippen LogP contribution in [0.1, 0.15) is 36.0 Å². The monoisotopic (exact) mass is 344 g/mol. The van der Waals surface area contributed by atoms with Gasteiger partial charge in [-0.2, -0.15) is 0 Å². The zero-order chi connectivity index (χ0) is 17.9. The number of carbonyl (C=O) groups is 1. The van der Waals surface area contributed by atoms with Gasteiger partial charge in [0, 0.05) is 11.1 Å². The highest BCUT2D eigenvalue weighted by atomic mass is 16.5. The van der Waals surface area contributed by atoms with Crippen LogP contribution in [-0.2, 0) is 11.2 Å². The maximum Gasteiger partial charge on any atom is 0.323 e. The predicted molar refractivity (Wildman–Crippen MR) is 101 cm³/mol. The molecule has 0 amide bonds. The smallest absolute Gasteiger partial charge is 0.323 e. The largest absolute Gasteiger partial charge is 0.457 e. The van der Waals surface area contributed by atoms with Crippen molar-refractivity contribution < 1.29 is 14.3 Å². The topological polar surface area (TPSA) is 35.5 Å². The number of fused-ring (bicyclic) bond motifs is 2. The minimum absolute atomic E-state index is 0.295. The molecule has 0 atom stereocenters. The first-order valence-corrected chi connectivity index (χ1v) is 8.92. The fourth-order valence-corrected chi connectivity index (χ4v) is 3.35. The van der Waals surface area contributed by atoms with E-state index in [9.17, 15) is 4.79 Å². The molecule has 0 bridgehead atoms. The summed E-state index contributed by atoms with van der Waals surface area (Å²) in [5, 5.41) is 0. The van der Waals surface area contributed by atoms with Gasteiger partial charge in [0.25, 0.3) is 0 Å². The molecule has 3 aromatic rings. The molecule has 0 spiro atoms. The molecule has 0 aromatic heterocycles. The fourth-order valence-electron chi connectivity index (χ4n) is 3.35. The summed E-state index contributed by atoms with van der Waals surface area (Å²) in [5.74, 6) is 1.18. The van der Waals surface area contributed by atoms with Crippen molar-refractivity contribution in [1.82, 2.24) is 0 Å². The molecule has 0 N–H and O–H groups in total. The number of carbonyl (C=O) groups excluding carboxylic acids is 1. The summed E-state index contributed by atoms with van der Waals surface area (Å²) in [5.41, 5.74) is 2.91. The lowest BCUT2D eigenvalue weighted by molar-refractivity contribution is -0.135. The van der Waals surface area contributed by atoms with Crippen molar-refractivity contribution in [1.29, 1.82) is 0 Å². The lowest BCUT2D eigenvalue weighted by Crippen LogP contribution is -2.23. The summed E-state index contributed by atoms with van der Waals surface area (Å²) in [7, 11) is 0. The third kappa shape index (κ3) is 3.08. The van der Waals surface area contributed by atoms with Crippen LogP contribution < -0.4 is 9.47 Å². The first kappa shape index (κ1) is 16.4.